The fraction of sp³-hybridized carbons (Fsp3) is 0.722. The third-order valence-electron chi connectivity index (χ3n) is 5.02. The monoisotopic (exact) mass is 384 g/mol. The number of rotatable bonds is 6. The number of hydrogen-bond acceptors (Lipinski definition) is 4. The Morgan fingerprint density at radius 2 is 2.08 bits per heavy atom. The van der Waals surface area contributed by atoms with Crippen LogP contribution in [0.3, 0.4) is 0 Å². The second-order valence-corrected chi connectivity index (χ2v) is 10.2. The van der Waals surface area contributed by atoms with Crippen molar-refractivity contribution in [3.8, 4) is 0 Å². The van der Waals surface area contributed by atoms with Crippen LogP contribution in [0, 0.1) is 11.3 Å². The van der Waals surface area contributed by atoms with Crippen LogP contribution in [0.1, 0.15) is 44.1 Å². The first kappa shape index (κ1) is 20.9. The van der Waals surface area contributed by atoms with Gasteiger partial charge in [-0.1, -0.05) is 20.8 Å². The zero-order chi connectivity index (χ0) is 19.7. The summed E-state index contributed by atoms with van der Waals surface area (Å²) in [5, 5.41) is 0. The van der Waals surface area contributed by atoms with Gasteiger partial charge in [-0.3, -0.25) is 4.79 Å². The molecule has 8 heteroatoms. The van der Waals surface area contributed by atoms with E-state index in [4.69, 9.17) is 5.73 Å². The van der Waals surface area contributed by atoms with E-state index >= 15 is 0 Å². The highest BCUT2D eigenvalue weighted by Crippen LogP contribution is 2.25. The first-order valence-electron chi connectivity index (χ1n) is 9.10. The van der Waals surface area contributed by atoms with Gasteiger partial charge in [0.15, 0.2) is 0 Å². The van der Waals surface area contributed by atoms with Gasteiger partial charge in [0.25, 0.3) is 5.91 Å². The number of aromatic nitrogens is 1. The van der Waals surface area contributed by atoms with Gasteiger partial charge in [-0.2, -0.15) is 4.31 Å². The van der Waals surface area contributed by atoms with Gasteiger partial charge in [0.1, 0.15) is 10.6 Å². The first-order valence-corrected chi connectivity index (χ1v) is 10.5. The fourth-order valence-electron chi connectivity index (χ4n) is 3.38. The molecule has 0 saturated carbocycles. The Morgan fingerprint density at radius 1 is 1.42 bits per heavy atom. The average Bonchev–Trinajstić information content (AvgIpc) is 2.96. The van der Waals surface area contributed by atoms with Gasteiger partial charge in [-0.15, -0.1) is 0 Å². The number of nitrogens with two attached hydrogens (primary N) is 1. The lowest BCUT2D eigenvalue weighted by molar-refractivity contribution is 0.0731. The Balaban J connectivity index is 2.24. The number of carbonyl (C=O) groups is 1. The number of carbonyl (C=O) groups excluding carboxylic acids is 1. The molecule has 0 spiro atoms. The maximum Gasteiger partial charge on any atom is 0.270 e. The molecular formula is C18H32N4O3S. The minimum atomic E-state index is -3.57. The van der Waals surface area contributed by atoms with E-state index in [-0.39, 0.29) is 16.2 Å². The van der Waals surface area contributed by atoms with Crippen molar-refractivity contribution in [1.82, 2.24) is 13.8 Å². The largest absolute Gasteiger partial charge is 0.345 e. The summed E-state index contributed by atoms with van der Waals surface area (Å²) in [6.45, 7) is 8.09. The van der Waals surface area contributed by atoms with Crippen LogP contribution < -0.4 is 5.73 Å². The number of piperidine rings is 1. The molecule has 0 aromatic carbocycles. The van der Waals surface area contributed by atoms with E-state index in [2.05, 4.69) is 6.92 Å². The summed E-state index contributed by atoms with van der Waals surface area (Å²) in [4.78, 5) is 14.6. The Labute approximate surface area is 157 Å². The van der Waals surface area contributed by atoms with Crippen LogP contribution in [0.4, 0.5) is 0 Å². The smallest absolute Gasteiger partial charge is 0.270 e. The van der Waals surface area contributed by atoms with Crippen LogP contribution in [0.25, 0.3) is 0 Å². The topological polar surface area (TPSA) is 88.6 Å². The van der Waals surface area contributed by atoms with Gasteiger partial charge in [-0.05, 0) is 36.8 Å². The summed E-state index contributed by atoms with van der Waals surface area (Å²) < 4.78 is 29.0. The normalized spacial score (nSPS) is 19.5. The number of hydrogen-bond donors (Lipinski definition) is 1. The van der Waals surface area contributed by atoms with Gasteiger partial charge in [0.05, 0.1) is 0 Å². The van der Waals surface area contributed by atoms with Gasteiger partial charge in [0.2, 0.25) is 10.0 Å². The molecule has 2 N–H and O–H groups in total. The van der Waals surface area contributed by atoms with E-state index in [1.807, 2.05) is 13.8 Å². The number of sulfonamides is 1. The molecule has 1 amide bonds. The minimum Gasteiger partial charge on any atom is -0.345 e. The zero-order valence-electron chi connectivity index (χ0n) is 16.5. The van der Waals surface area contributed by atoms with Gasteiger partial charge >= 0.3 is 0 Å². The van der Waals surface area contributed by atoms with Crippen LogP contribution in [0.2, 0.25) is 0 Å². The molecule has 2 rings (SSSR count). The van der Waals surface area contributed by atoms with Crippen molar-refractivity contribution in [2.45, 2.75) is 38.5 Å². The molecule has 7 nitrogen and oxygen atoms in total. The minimum absolute atomic E-state index is 0.184. The lowest BCUT2D eigenvalue weighted by atomic mass is 9.93. The summed E-state index contributed by atoms with van der Waals surface area (Å²) in [6.07, 6.45) is 3.45. The highest BCUT2D eigenvalue weighted by atomic mass is 32.2. The Morgan fingerprint density at radius 3 is 2.65 bits per heavy atom. The van der Waals surface area contributed by atoms with Crippen LogP contribution in [-0.4, -0.2) is 61.3 Å². The van der Waals surface area contributed by atoms with E-state index in [9.17, 15) is 13.2 Å². The molecule has 1 saturated heterocycles. The molecule has 0 bridgehead atoms. The Kier molecular flexibility index (Phi) is 6.20. The predicted molar refractivity (Wildman–Crippen MR) is 102 cm³/mol. The van der Waals surface area contributed by atoms with Crippen molar-refractivity contribution in [2.75, 3.05) is 33.2 Å². The number of nitrogens with zero attached hydrogens (tertiary/aromatic N) is 3. The molecule has 26 heavy (non-hydrogen) atoms. The Bertz CT molecular complexity index is 754. The number of amides is 1. The summed E-state index contributed by atoms with van der Waals surface area (Å²) in [6, 6.07) is 1.49. The van der Waals surface area contributed by atoms with Crippen LogP contribution >= 0.6 is 0 Å². The molecule has 1 aromatic rings. The number of aryl methyl sites for hydroxylation is 1. The highest BCUT2D eigenvalue weighted by molar-refractivity contribution is 7.89. The summed E-state index contributed by atoms with van der Waals surface area (Å²) in [7, 11) is -0.157. The first-order chi connectivity index (χ1) is 12.0. The summed E-state index contributed by atoms with van der Waals surface area (Å²) in [5.41, 5.74) is 5.92. The third kappa shape index (κ3) is 4.47. The van der Waals surface area contributed by atoms with Gasteiger partial charge < -0.3 is 15.2 Å². The van der Waals surface area contributed by atoms with Crippen molar-refractivity contribution in [1.29, 1.82) is 0 Å². The van der Waals surface area contributed by atoms with Crippen molar-refractivity contribution < 1.29 is 13.2 Å². The van der Waals surface area contributed by atoms with E-state index in [0.29, 0.717) is 37.8 Å². The third-order valence-corrected chi connectivity index (χ3v) is 6.85. The lowest BCUT2D eigenvalue weighted by Crippen LogP contribution is -2.40. The van der Waals surface area contributed by atoms with Crippen LogP contribution in [0.5, 0.6) is 0 Å². The molecule has 1 aliphatic rings. The molecule has 2 heterocycles. The van der Waals surface area contributed by atoms with E-state index < -0.39 is 10.0 Å². The molecular weight excluding hydrogens is 352 g/mol. The molecule has 1 fully saturated rings. The molecule has 0 aliphatic carbocycles. The second kappa shape index (κ2) is 7.70. The molecule has 0 radical (unpaired) electrons. The van der Waals surface area contributed by atoms with E-state index in [0.717, 1.165) is 12.8 Å². The Hall–Kier alpha value is -1.38. The second-order valence-electron chi connectivity index (χ2n) is 8.31. The lowest BCUT2D eigenvalue weighted by Gasteiger charge is -2.29. The summed E-state index contributed by atoms with van der Waals surface area (Å²) >= 11 is 0. The van der Waals surface area contributed by atoms with Gasteiger partial charge in [-0.25, -0.2) is 8.42 Å². The van der Waals surface area contributed by atoms with Crippen LogP contribution in [-0.2, 0) is 17.1 Å². The maximum absolute atomic E-state index is 12.9. The molecule has 1 aromatic heterocycles. The van der Waals surface area contributed by atoms with E-state index in [1.165, 1.54) is 16.6 Å². The van der Waals surface area contributed by atoms with Crippen molar-refractivity contribution in [2.24, 2.45) is 24.1 Å². The zero-order valence-corrected chi connectivity index (χ0v) is 17.3. The van der Waals surface area contributed by atoms with Crippen molar-refractivity contribution in [3.05, 3.63) is 18.0 Å². The fourth-order valence-corrected chi connectivity index (χ4v) is 5.05. The molecule has 1 aliphatic heterocycles. The highest BCUT2D eigenvalue weighted by Gasteiger charge is 2.31. The van der Waals surface area contributed by atoms with Crippen molar-refractivity contribution in [3.63, 3.8) is 0 Å². The molecule has 1 unspecified atom stereocenters. The molecule has 148 valence electrons. The summed E-state index contributed by atoms with van der Waals surface area (Å²) in [5.74, 6) is 0.149. The van der Waals surface area contributed by atoms with Gasteiger partial charge in [0, 0.05) is 39.9 Å². The predicted octanol–water partition coefficient (Wildman–Crippen LogP) is 1.50. The van der Waals surface area contributed by atoms with Crippen molar-refractivity contribution >= 4 is 15.9 Å². The standard InChI is InChI=1S/C18H32N4O3S/c1-14-7-6-8-22(10-14)26(24,25)15-9-16(20(4)11-15)17(23)21(5)13-18(2,3)12-19/h9,11,14H,6-8,10,12-13,19H2,1-5H3. The quantitative estimate of drug-likeness (QED) is 0.805. The molecule has 1 atom stereocenters. The SMILES string of the molecule is CC1CCCN(S(=O)(=O)c2cc(C(=O)N(C)CC(C)(C)CN)n(C)c2)C1. The average molecular weight is 385 g/mol. The van der Waals surface area contributed by atoms with Crippen LogP contribution in [0.15, 0.2) is 17.2 Å². The van der Waals surface area contributed by atoms with E-state index in [1.54, 1.807) is 23.6 Å². The maximum atomic E-state index is 12.9.